The van der Waals surface area contributed by atoms with Gasteiger partial charge in [-0.3, -0.25) is 4.79 Å². The number of allylic oxidation sites excluding steroid dienone is 1. The van der Waals surface area contributed by atoms with Crippen LogP contribution in [0.15, 0.2) is 46.7 Å². The normalized spacial score (nSPS) is 10.5. The molecule has 2 rings (SSSR count). The van der Waals surface area contributed by atoms with Gasteiger partial charge in [0, 0.05) is 24.8 Å². The van der Waals surface area contributed by atoms with E-state index in [4.69, 9.17) is 4.42 Å². The fourth-order valence-corrected chi connectivity index (χ4v) is 2.53. The Morgan fingerprint density at radius 3 is 2.75 bits per heavy atom. The third-order valence-electron chi connectivity index (χ3n) is 3.68. The van der Waals surface area contributed by atoms with E-state index in [-0.39, 0.29) is 11.6 Å². The molecule has 0 fully saturated rings. The fourth-order valence-electron chi connectivity index (χ4n) is 2.53. The maximum Gasteiger partial charge on any atom is 0.298 e. The third-order valence-corrected chi connectivity index (χ3v) is 3.68. The van der Waals surface area contributed by atoms with E-state index < -0.39 is 0 Å². The summed E-state index contributed by atoms with van der Waals surface area (Å²) in [5.74, 6) is 0. The van der Waals surface area contributed by atoms with E-state index >= 15 is 0 Å². The van der Waals surface area contributed by atoms with Crippen LogP contribution in [0.25, 0.3) is 11.0 Å². The Bertz CT molecular complexity index is 765. The summed E-state index contributed by atoms with van der Waals surface area (Å²) in [6, 6.07) is 4.04. The first-order valence-corrected chi connectivity index (χ1v) is 8.37. The molecule has 0 saturated heterocycles. The zero-order valence-corrected chi connectivity index (χ0v) is 14.2. The van der Waals surface area contributed by atoms with Crippen molar-refractivity contribution in [3.63, 3.8) is 0 Å². The van der Waals surface area contributed by atoms with Crippen molar-refractivity contribution in [2.24, 2.45) is 0 Å². The van der Waals surface area contributed by atoms with Gasteiger partial charge < -0.3 is 15.1 Å². The highest BCUT2D eigenvalue weighted by atomic mass is 16.4. The second-order valence-corrected chi connectivity index (χ2v) is 5.63. The summed E-state index contributed by atoms with van der Waals surface area (Å²) in [7, 11) is 0. The molecule has 24 heavy (non-hydrogen) atoms. The number of hydrogen-bond donors (Lipinski definition) is 2. The summed E-state index contributed by atoms with van der Waals surface area (Å²) in [5.41, 5.74) is 2.05. The highest BCUT2D eigenvalue weighted by molar-refractivity contribution is 5.84. The van der Waals surface area contributed by atoms with E-state index in [9.17, 15) is 4.79 Å². The largest absolute Gasteiger partial charge is 0.425 e. The lowest BCUT2D eigenvalue weighted by Gasteiger charge is -2.11. The minimum Gasteiger partial charge on any atom is -0.425 e. The van der Waals surface area contributed by atoms with E-state index in [1.54, 1.807) is 12.2 Å². The predicted molar refractivity (Wildman–Crippen MR) is 101 cm³/mol. The lowest BCUT2D eigenvalue weighted by Crippen LogP contribution is -2.13. The topological polar surface area (TPSA) is 67.2 Å². The van der Waals surface area contributed by atoms with E-state index in [1.165, 1.54) is 12.8 Å². The summed E-state index contributed by atoms with van der Waals surface area (Å²) in [6.07, 6.45) is 7.53. The molecule has 2 aromatic rings. The first-order chi connectivity index (χ1) is 11.7. The number of fused-ring (bicyclic) bond motifs is 1. The van der Waals surface area contributed by atoms with Crippen LogP contribution >= 0.6 is 0 Å². The quantitative estimate of drug-likeness (QED) is 0.507. The predicted octanol–water partition coefficient (Wildman–Crippen LogP) is 4.12. The minimum atomic E-state index is -0.294. The lowest BCUT2D eigenvalue weighted by atomic mass is 10.1. The molecule has 128 valence electrons. The van der Waals surface area contributed by atoms with Gasteiger partial charge in [-0.25, -0.2) is 0 Å². The molecule has 5 nitrogen and oxygen atoms in total. The number of nitrogens with one attached hydrogen (secondary N) is 2. The Hall–Kier alpha value is -2.56. The monoisotopic (exact) mass is 327 g/mol. The van der Waals surface area contributed by atoms with Crippen molar-refractivity contribution in [1.82, 2.24) is 4.98 Å². The Kier molecular flexibility index (Phi) is 6.61. The van der Waals surface area contributed by atoms with Gasteiger partial charge in [-0.2, -0.15) is 4.98 Å². The minimum absolute atomic E-state index is 0.208. The number of aromatic nitrogens is 1. The van der Waals surface area contributed by atoms with Crippen molar-refractivity contribution in [2.45, 2.75) is 32.6 Å². The lowest BCUT2D eigenvalue weighted by molar-refractivity contribution is 0.593. The molecule has 0 atom stereocenters. The summed E-state index contributed by atoms with van der Waals surface area (Å²) in [5, 5.41) is 6.83. The maximum absolute atomic E-state index is 12.4. The van der Waals surface area contributed by atoms with Crippen LogP contribution in [0.1, 0.15) is 31.7 Å². The Labute approximate surface area is 142 Å². The number of benzene rings is 1. The third kappa shape index (κ3) is 4.47. The van der Waals surface area contributed by atoms with E-state index in [0.717, 1.165) is 24.2 Å². The Morgan fingerprint density at radius 2 is 2.04 bits per heavy atom. The molecule has 0 aliphatic carbocycles. The van der Waals surface area contributed by atoms with Gasteiger partial charge in [-0.1, -0.05) is 31.9 Å². The highest BCUT2D eigenvalue weighted by Crippen LogP contribution is 2.24. The van der Waals surface area contributed by atoms with Gasteiger partial charge in [0.25, 0.3) is 11.6 Å². The summed E-state index contributed by atoms with van der Waals surface area (Å²) in [4.78, 5) is 16.3. The van der Waals surface area contributed by atoms with E-state index in [1.807, 2.05) is 12.1 Å². The van der Waals surface area contributed by atoms with Crippen molar-refractivity contribution in [2.75, 3.05) is 23.7 Å². The van der Waals surface area contributed by atoms with Crippen LogP contribution in [0.3, 0.4) is 0 Å². The van der Waals surface area contributed by atoms with Crippen LogP contribution in [0.5, 0.6) is 0 Å². The molecule has 1 heterocycles. The van der Waals surface area contributed by atoms with Crippen molar-refractivity contribution in [3.8, 4) is 0 Å². The zero-order chi connectivity index (χ0) is 17.4. The van der Waals surface area contributed by atoms with Crippen LogP contribution in [0.2, 0.25) is 0 Å². The van der Waals surface area contributed by atoms with Crippen molar-refractivity contribution in [1.29, 1.82) is 0 Å². The molecule has 0 unspecified atom stereocenters. The molecule has 5 heteroatoms. The molecule has 0 aliphatic heterocycles. The molecule has 0 bridgehead atoms. The second-order valence-electron chi connectivity index (χ2n) is 5.63. The first kappa shape index (κ1) is 17.8. The van der Waals surface area contributed by atoms with Gasteiger partial charge in [0.2, 0.25) is 0 Å². The highest BCUT2D eigenvalue weighted by Gasteiger charge is 2.12. The summed E-state index contributed by atoms with van der Waals surface area (Å²) in [6.45, 7) is 11.0. The zero-order valence-electron chi connectivity index (χ0n) is 14.2. The van der Waals surface area contributed by atoms with E-state index in [2.05, 4.69) is 35.7 Å². The van der Waals surface area contributed by atoms with Gasteiger partial charge in [0.05, 0.1) is 5.39 Å². The molecule has 0 saturated carbocycles. The van der Waals surface area contributed by atoms with Crippen LogP contribution < -0.4 is 16.2 Å². The fraction of sp³-hybridized carbons (Fsp3) is 0.368. The maximum atomic E-state index is 12.4. The molecular weight excluding hydrogens is 302 g/mol. The summed E-state index contributed by atoms with van der Waals surface area (Å²) < 4.78 is 5.76. The van der Waals surface area contributed by atoms with Crippen molar-refractivity contribution >= 4 is 22.7 Å². The molecule has 0 amide bonds. The smallest absolute Gasteiger partial charge is 0.298 e. The molecule has 1 aromatic heterocycles. The summed E-state index contributed by atoms with van der Waals surface area (Å²) >= 11 is 0. The van der Waals surface area contributed by atoms with Crippen LogP contribution in [0.4, 0.5) is 11.7 Å². The number of rotatable bonds is 10. The SMILES string of the molecule is C=CCNc1nc(=O)c2c(CC=C)cc(NCCCCC)cc2o1. The Balaban J connectivity index is 2.40. The molecule has 1 aromatic carbocycles. The van der Waals surface area contributed by atoms with Crippen LogP contribution in [-0.4, -0.2) is 18.1 Å². The molecular formula is C19H25N3O2. The van der Waals surface area contributed by atoms with Gasteiger partial charge in [0.15, 0.2) is 0 Å². The molecule has 0 aliphatic rings. The van der Waals surface area contributed by atoms with Gasteiger partial charge >= 0.3 is 0 Å². The van der Waals surface area contributed by atoms with Gasteiger partial charge in [-0.15, -0.1) is 13.2 Å². The average molecular weight is 327 g/mol. The number of nitrogens with zero attached hydrogens (tertiary/aromatic N) is 1. The van der Waals surface area contributed by atoms with Crippen LogP contribution in [-0.2, 0) is 6.42 Å². The molecule has 0 spiro atoms. The second kappa shape index (κ2) is 8.91. The Morgan fingerprint density at radius 1 is 1.21 bits per heavy atom. The first-order valence-electron chi connectivity index (χ1n) is 8.37. The van der Waals surface area contributed by atoms with Gasteiger partial charge in [0.1, 0.15) is 5.58 Å². The van der Waals surface area contributed by atoms with E-state index in [0.29, 0.717) is 23.9 Å². The molecule has 0 radical (unpaired) electrons. The van der Waals surface area contributed by atoms with Gasteiger partial charge in [-0.05, 0) is 24.5 Å². The average Bonchev–Trinajstić information content (AvgIpc) is 2.56. The van der Waals surface area contributed by atoms with Crippen molar-refractivity contribution < 1.29 is 4.42 Å². The number of unbranched alkanes of at least 4 members (excludes halogenated alkanes) is 2. The number of anilines is 2. The number of hydrogen-bond acceptors (Lipinski definition) is 5. The van der Waals surface area contributed by atoms with Crippen LogP contribution in [0, 0.1) is 0 Å². The standard InChI is InChI=1S/C19H25N3O2/c1-4-7-8-11-20-15-12-14(9-5-2)17-16(13-15)24-19(21-10-6-3)22-18(17)23/h5-6,12-13,20H,2-4,7-11H2,1H3,(H,21,22,23). The van der Waals surface area contributed by atoms with Crippen molar-refractivity contribution in [3.05, 3.63) is 53.4 Å². The molecule has 2 N–H and O–H groups in total.